The molecule has 15 heteroatoms. The number of anilines is 1. The zero-order chi connectivity index (χ0) is 17.2. The number of hydrogen-bond donors (Lipinski definition) is 4. The van der Waals surface area contributed by atoms with E-state index in [4.69, 9.17) is 15.0 Å². The normalized spacial score (nSPS) is 34.7. The first-order chi connectivity index (χ1) is 11.3. The number of aromatic amines is 1. The molecule has 0 saturated carbocycles. The Morgan fingerprint density at radius 3 is 2.92 bits per heavy atom. The van der Waals surface area contributed by atoms with Crippen molar-refractivity contribution < 1.29 is 59.3 Å². The number of aromatic nitrogens is 4. The van der Waals surface area contributed by atoms with Gasteiger partial charge in [0.15, 0.2) is 22.1 Å². The third kappa shape index (κ3) is 3.23. The second-order valence-corrected chi connectivity index (χ2v) is 7.38. The van der Waals surface area contributed by atoms with Crippen LogP contribution in [0, 0.1) is 0 Å². The SMILES string of the molecule is Nc1nc2c(nc(Br)n2[C@@H]2O[C@@H]3COP(=O)(O)O[C@H]3[C@H]2O)c(=O)[nH]1.[H-].[Na+]. The molecule has 0 bridgehead atoms. The second kappa shape index (κ2) is 6.68. The number of aliphatic hydroxyl groups excluding tert-OH is 1. The predicted octanol–water partition coefficient (Wildman–Crippen LogP) is -3.65. The van der Waals surface area contributed by atoms with E-state index in [0.29, 0.717) is 0 Å². The largest absolute Gasteiger partial charge is 1.00 e. The maximum atomic E-state index is 11.9. The number of H-pyrrole nitrogens is 1. The van der Waals surface area contributed by atoms with Gasteiger partial charge in [-0.3, -0.25) is 23.4 Å². The number of aliphatic hydroxyl groups is 1. The number of nitrogen functional groups attached to an aromatic ring is 1. The van der Waals surface area contributed by atoms with Crippen molar-refractivity contribution in [2.75, 3.05) is 12.3 Å². The number of ether oxygens (including phenoxy) is 1. The Bertz CT molecular complexity index is 942. The first-order valence-corrected chi connectivity index (χ1v) is 8.98. The summed E-state index contributed by atoms with van der Waals surface area (Å²) >= 11 is 3.18. The van der Waals surface area contributed by atoms with Gasteiger partial charge in [0, 0.05) is 0 Å². The molecule has 2 saturated heterocycles. The van der Waals surface area contributed by atoms with Crippen LogP contribution < -0.4 is 40.9 Å². The summed E-state index contributed by atoms with van der Waals surface area (Å²) in [6.07, 6.45) is -4.25. The molecule has 0 aliphatic carbocycles. The quantitative estimate of drug-likeness (QED) is 0.194. The van der Waals surface area contributed by atoms with Crippen molar-refractivity contribution in [3.05, 3.63) is 15.1 Å². The molecule has 132 valence electrons. The minimum Gasteiger partial charge on any atom is -1.00 e. The molecular weight excluding hydrogens is 436 g/mol. The summed E-state index contributed by atoms with van der Waals surface area (Å²) in [5.74, 6) is -0.134. The number of fused-ring (bicyclic) bond motifs is 2. The molecule has 1 unspecified atom stereocenters. The third-order valence-electron chi connectivity index (χ3n) is 3.75. The molecule has 5 atom stereocenters. The Morgan fingerprint density at radius 2 is 2.20 bits per heavy atom. The first kappa shape index (κ1) is 19.4. The van der Waals surface area contributed by atoms with Crippen LogP contribution in [0.25, 0.3) is 11.2 Å². The van der Waals surface area contributed by atoms with Crippen LogP contribution >= 0.6 is 23.8 Å². The molecule has 2 aromatic rings. The van der Waals surface area contributed by atoms with Crippen LogP contribution in [0.4, 0.5) is 5.95 Å². The molecule has 0 aromatic carbocycles. The Labute approximate surface area is 171 Å². The van der Waals surface area contributed by atoms with Crippen molar-refractivity contribution in [1.82, 2.24) is 19.5 Å². The zero-order valence-corrected chi connectivity index (χ0v) is 17.2. The Balaban J connectivity index is 0.00000121. The van der Waals surface area contributed by atoms with Gasteiger partial charge in [0.2, 0.25) is 5.95 Å². The van der Waals surface area contributed by atoms with E-state index in [-0.39, 0.29) is 59.4 Å². The second-order valence-electron chi connectivity index (χ2n) is 5.26. The van der Waals surface area contributed by atoms with E-state index in [1.807, 2.05) is 0 Å². The number of imidazole rings is 1. The molecule has 0 amide bonds. The fourth-order valence-electron chi connectivity index (χ4n) is 2.75. The summed E-state index contributed by atoms with van der Waals surface area (Å²) in [6.45, 7) is -0.230. The van der Waals surface area contributed by atoms with Crippen LogP contribution in [0.15, 0.2) is 9.53 Å². The standard InChI is InChI=1S/C10H11BrN5O7P.Na.H/c11-9-13-3-6(14-10(12)15-7(3)18)16(9)8-4(17)5-2(22-8)1-21-24(19,20)23-5;;/h2,4-5,8,17H,1H2,(H,19,20)(H3,12,14,15,18);;/q;+1;-1/t2-,4-,5-,8-;;/m1../s1. The number of nitrogens with two attached hydrogens (primary N) is 1. The molecule has 4 rings (SSSR count). The van der Waals surface area contributed by atoms with Crippen molar-refractivity contribution in [1.29, 1.82) is 0 Å². The zero-order valence-electron chi connectivity index (χ0n) is 13.7. The predicted molar refractivity (Wildman–Crippen MR) is 81.9 cm³/mol. The average Bonchev–Trinajstić information content (AvgIpc) is 2.96. The van der Waals surface area contributed by atoms with E-state index in [1.54, 1.807) is 0 Å². The number of rotatable bonds is 1. The van der Waals surface area contributed by atoms with Crippen LogP contribution in [-0.4, -0.2) is 54.4 Å². The van der Waals surface area contributed by atoms with E-state index in [1.165, 1.54) is 4.57 Å². The van der Waals surface area contributed by atoms with Gasteiger partial charge in [0.1, 0.15) is 18.3 Å². The smallest absolute Gasteiger partial charge is 1.00 e. The summed E-state index contributed by atoms with van der Waals surface area (Å²) < 4.78 is 28.2. The summed E-state index contributed by atoms with van der Waals surface area (Å²) in [6, 6.07) is 0. The molecule has 2 fully saturated rings. The van der Waals surface area contributed by atoms with E-state index in [0.717, 1.165) is 0 Å². The Kier molecular flexibility index (Phi) is 5.19. The molecule has 2 aliphatic rings. The van der Waals surface area contributed by atoms with Gasteiger partial charge in [-0.25, -0.2) is 9.55 Å². The van der Waals surface area contributed by atoms with Crippen LogP contribution in [0.1, 0.15) is 7.65 Å². The number of hydrogen-bond acceptors (Lipinski definition) is 9. The minimum absolute atomic E-state index is 0. The number of nitrogens with zero attached hydrogens (tertiary/aromatic N) is 3. The van der Waals surface area contributed by atoms with E-state index in [9.17, 15) is 19.4 Å². The topological polar surface area (TPSA) is 175 Å². The Hall–Kier alpha value is -0.340. The van der Waals surface area contributed by atoms with Gasteiger partial charge in [-0.1, -0.05) is 0 Å². The van der Waals surface area contributed by atoms with Crippen LogP contribution in [0.3, 0.4) is 0 Å². The molecule has 2 aromatic heterocycles. The summed E-state index contributed by atoms with van der Waals surface area (Å²) in [7, 11) is -4.24. The van der Waals surface area contributed by atoms with Crippen LogP contribution in [0.2, 0.25) is 0 Å². The molecule has 25 heavy (non-hydrogen) atoms. The van der Waals surface area contributed by atoms with Gasteiger partial charge in [-0.2, -0.15) is 4.98 Å². The van der Waals surface area contributed by atoms with Gasteiger partial charge in [-0.05, 0) is 15.9 Å². The summed E-state index contributed by atoms with van der Waals surface area (Å²) in [4.78, 5) is 31.7. The fourth-order valence-corrected chi connectivity index (χ4v) is 4.26. The summed E-state index contributed by atoms with van der Waals surface area (Å²) in [5.41, 5.74) is 5.07. The van der Waals surface area contributed by atoms with E-state index in [2.05, 4.69) is 35.4 Å². The van der Waals surface area contributed by atoms with Crippen molar-refractivity contribution in [3.8, 4) is 0 Å². The number of nitrogens with one attached hydrogen (secondary N) is 1. The monoisotopic (exact) mass is 447 g/mol. The van der Waals surface area contributed by atoms with E-state index >= 15 is 0 Å². The van der Waals surface area contributed by atoms with Gasteiger partial charge in [0.05, 0.1) is 6.61 Å². The van der Waals surface area contributed by atoms with Crippen molar-refractivity contribution in [2.45, 2.75) is 24.5 Å². The molecule has 0 radical (unpaired) electrons. The molecule has 2 aliphatic heterocycles. The Morgan fingerprint density at radius 1 is 1.48 bits per heavy atom. The van der Waals surface area contributed by atoms with Gasteiger partial charge in [-0.15, -0.1) is 0 Å². The van der Waals surface area contributed by atoms with Crippen molar-refractivity contribution in [2.24, 2.45) is 0 Å². The van der Waals surface area contributed by atoms with Crippen molar-refractivity contribution in [3.63, 3.8) is 0 Å². The minimum atomic E-state index is -4.24. The van der Waals surface area contributed by atoms with Crippen molar-refractivity contribution >= 4 is 40.9 Å². The first-order valence-electron chi connectivity index (χ1n) is 6.69. The molecule has 5 N–H and O–H groups in total. The van der Waals surface area contributed by atoms with Crippen LogP contribution in [0.5, 0.6) is 0 Å². The number of phosphoric acid groups is 1. The average molecular weight is 448 g/mol. The molecular formula is C10H12BrN5NaO7P. The summed E-state index contributed by atoms with van der Waals surface area (Å²) in [5, 5.41) is 10.5. The molecule has 0 spiro atoms. The number of halogens is 1. The van der Waals surface area contributed by atoms with Gasteiger partial charge < -0.3 is 21.9 Å². The maximum Gasteiger partial charge on any atom is 1.00 e. The number of phosphoric ester groups is 1. The third-order valence-corrected chi connectivity index (χ3v) is 5.29. The van der Waals surface area contributed by atoms with Crippen LogP contribution in [-0.2, 0) is 18.3 Å². The maximum absolute atomic E-state index is 11.9. The van der Waals surface area contributed by atoms with E-state index < -0.39 is 37.9 Å². The fraction of sp³-hybridized carbons (Fsp3) is 0.500. The molecule has 12 nitrogen and oxygen atoms in total. The van der Waals surface area contributed by atoms with Gasteiger partial charge in [0.25, 0.3) is 5.56 Å². The van der Waals surface area contributed by atoms with Gasteiger partial charge >= 0.3 is 37.4 Å². The molecule has 4 heterocycles.